The number of benzene rings is 7. The fourth-order valence-corrected chi connectivity index (χ4v) is 12.2. The number of hydrogen-bond acceptors (Lipinski definition) is 2. The Labute approximate surface area is 375 Å². The number of hydrogen-bond donors (Lipinski definition) is 0. The van der Waals surface area contributed by atoms with E-state index in [2.05, 4.69) is 200 Å². The maximum absolute atomic E-state index is 9.11. The summed E-state index contributed by atoms with van der Waals surface area (Å²) in [6, 6.07) is 50.9. The Hall–Kier alpha value is -5.80. The summed E-state index contributed by atoms with van der Waals surface area (Å²) in [5, 5.41) is 0. The van der Waals surface area contributed by atoms with Gasteiger partial charge in [0, 0.05) is 38.2 Å². The first kappa shape index (κ1) is 35.8. The third-order valence-electron chi connectivity index (χ3n) is 15.3. The summed E-state index contributed by atoms with van der Waals surface area (Å²) in [6.07, 6.45) is 3.28. The molecule has 0 amide bonds. The van der Waals surface area contributed by atoms with Gasteiger partial charge in [-0.2, -0.15) is 0 Å². The molecule has 0 saturated heterocycles. The fourth-order valence-electron chi connectivity index (χ4n) is 12.2. The van der Waals surface area contributed by atoms with E-state index in [1.807, 2.05) is 12.1 Å². The highest BCUT2D eigenvalue weighted by molar-refractivity contribution is 7.00. The minimum absolute atomic E-state index is 0.0173. The predicted molar refractivity (Wildman–Crippen MR) is 267 cm³/mol. The van der Waals surface area contributed by atoms with Crippen LogP contribution in [0.25, 0.3) is 22.3 Å². The fraction of sp³-hybridized carbons (Fsp3) is 0.288. The van der Waals surface area contributed by atoms with E-state index in [0.29, 0.717) is 5.56 Å². The Morgan fingerprint density at radius 3 is 1.63 bits per heavy atom. The molecule has 2 aliphatic carbocycles. The van der Waals surface area contributed by atoms with E-state index in [1.165, 1.54) is 38.7 Å². The molecule has 0 bridgehead atoms. The second kappa shape index (κ2) is 13.4. The Bertz CT molecular complexity index is 3090. The number of fused-ring (bicyclic) bond motifs is 6. The van der Waals surface area contributed by atoms with Crippen molar-refractivity contribution in [2.45, 2.75) is 110 Å². The van der Waals surface area contributed by atoms with Crippen LogP contribution in [0.2, 0.25) is 0 Å². The number of nitrogens with zero attached hydrogens (tertiary/aromatic N) is 2. The van der Waals surface area contributed by atoms with Gasteiger partial charge in [0.1, 0.15) is 0 Å². The van der Waals surface area contributed by atoms with Gasteiger partial charge in [-0.05, 0) is 169 Å². The zero-order valence-corrected chi connectivity index (χ0v) is 37.9. The predicted octanol–water partition coefficient (Wildman–Crippen LogP) is 14.0. The molecule has 7 aromatic rings. The van der Waals surface area contributed by atoms with Crippen molar-refractivity contribution in [3.63, 3.8) is 0 Å². The van der Waals surface area contributed by atoms with Crippen LogP contribution in [0, 0.1) is 13.8 Å². The molecule has 0 saturated carbocycles. The molecular weight excluding hydrogens is 747 g/mol. The SMILES string of the molecule is [2H]C([2H])([2H])c1cc2c3c(c1)N(c1cc4c(cc1C)C(C)(C)CC4(C)C)c1cc4c(cc1B3c1ccc(-c3ccccc3)cc1N2c1cccc(-c2ccccc2)c1)C(C)(C)CCC4(C)C. The summed E-state index contributed by atoms with van der Waals surface area (Å²) in [5.41, 5.74) is 21.4. The van der Waals surface area contributed by atoms with Crippen molar-refractivity contribution in [3.8, 4) is 22.3 Å². The molecule has 2 heterocycles. The molecular formula is C59H59BN2. The lowest BCUT2D eigenvalue weighted by Gasteiger charge is -2.48. The Kier molecular flexibility index (Phi) is 7.70. The normalized spacial score (nSPS) is 19.0. The lowest BCUT2D eigenvalue weighted by molar-refractivity contribution is 0.332. The Balaban J connectivity index is 1.28. The van der Waals surface area contributed by atoms with Gasteiger partial charge in [0.15, 0.2) is 0 Å². The van der Waals surface area contributed by atoms with Crippen LogP contribution in [0.1, 0.15) is 112 Å². The van der Waals surface area contributed by atoms with Gasteiger partial charge in [0.2, 0.25) is 0 Å². The van der Waals surface area contributed by atoms with Crippen LogP contribution in [-0.4, -0.2) is 6.71 Å². The van der Waals surface area contributed by atoms with Gasteiger partial charge in [-0.3, -0.25) is 0 Å². The molecule has 0 unspecified atom stereocenters. The lowest BCUT2D eigenvalue weighted by Crippen LogP contribution is -2.62. The molecule has 0 aromatic heterocycles. The topological polar surface area (TPSA) is 6.48 Å². The highest BCUT2D eigenvalue weighted by atomic mass is 15.2. The van der Waals surface area contributed by atoms with Crippen LogP contribution in [0.3, 0.4) is 0 Å². The van der Waals surface area contributed by atoms with Gasteiger partial charge in [-0.15, -0.1) is 0 Å². The molecule has 2 nitrogen and oxygen atoms in total. The summed E-state index contributed by atoms with van der Waals surface area (Å²) in [7, 11) is 0. The van der Waals surface area contributed by atoms with Crippen molar-refractivity contribution in [2.75, 3.05) is 9.80 Å². The van der Waals surface area contributed by atoms with Crippen LogP contribution in [-0.2, 0) is 21.7 Å². The zero-order chi connectivity index (χ0) is 45.6. The molecule has 0 radical (unpaired) electrons. The second-order valence-electron chi connectivity index (χ2n) is 21.4. The summed E-state index contributed by atoms with van der Waals surface area (Å²) in [5.74, 6) is 0. The zero-order valence-electron chi connectivity index (χ0n) is 40.9. The van der Waals surface area contributed by atoms with Crippen molar-refractivity contribution >= 4 is 57.2 Å². The highest BCUT2D eigenvalue weighted by Crippen LogP contribution is 2.55. The van der Waals surface area contributed by atoms with Crippen LogP contribution < -0.4 is 26.2 Å². The molecule has 3 heteroatoms. The van der Waals surface area contributed by atoms with E-state index in [-0.39, 0.29) is 28.4 Å². The quantitative estimate of drug-likeness (QED) is 0.163. The van der Waals surface area contributed by atoms with Gasteiger partial charge < -0.3 is 9.80 Å². The first-order valence-corrected chi connectivity index (χ1v) is 22.7. The minimum Gasteiger partial charge on any atom is -0.311 e. The van der Waals surface area contributed by atoms with Gasteiger partial charge in [0.25, 0.3) is 6.71 Å². The van der Waals surface area contributed by atoms with E-state index in [9.17, 15) is 0 Å². The lowest BCUT2D eigenvalue weighted by atomic mass is 9.33. The van der Waals surface area contributed by atoms with Crippen molar-refractivity contribution in [1.82, 2.24) is 0 Å². The van der Waals surface area contributed by atoms with E-state index < -0.39 is 6.85 Å². The Morgan fingerprint density at radius 1 is 0.452 bits per heavy atom. The molecule has 2 aliphatic heterocycles. The van der Waals surface area contributed by atoms with E-state index in [0.717, 1.165) is 81.1 Å². The highest BCUT2D eigenvalue weighted by Gasteiger charge is 2.48. The third-order valence-corrected chi connectivity index (χ3v) is 15.3. The van der Waals surface area contributed by atoms with Gasteiger partial charge in [-0.1, -0.05) is 152 Å². The molecule has 62 heavy (non-hydrogen) atoms. The summed E-state index contributed by atoms with van der Waals surface area (Å²) < 4.78 is 27.3. The van der Waals surface area contributed by atoms with Crippen molar-refractivity contribution in [2.24, 2.45) is 0 Å². The molecule has 0 atom stereocenters. The van der Waals surface area contributed by atoms with E-state index in [1.54, 1.807) is 0 Å². The van der Waals surface area contributed by atoms with Gasteiger partial charge in [0.05, 0.1) is 0 Å². The third kappa shape index (κ3) is 5.83. The first-order valence-electron chi connectivity index (χ1n) is 24.2. The molecule has 4 aliphatic rings. The molecule has 11 rings (SSSR count). The molecule has 0 N–H and O–H groups in total. The van der Waals surface area contributed by atoms with Crippen LogP contribution >= 0.6 is 0 Å². The molecule has 0 spiro atoms. The second-order valence-corrected chi connectivity index (χ2v) is 21.4. The van der Waals surface area contributed by atoms with E-state index in [4.69, 9.17) is 4.11 Å². The number of rotatable bonds is 4. The smallest absolute Gasteiger partial charge is 0.252 e. The number of aryl methyl sites for hydroxylation is 2. The van der Waals surface area contributed by atoms with Crippen LogP contribution in [0.15, 0.2) is 140 Å². The standard InChI is InChI=1S/C59H59BN2/c1-37-28-53-55-54(29-37)62(50-34-47-44(30-38(50)2)58(7,8)36-59(47,9)10)52-35-46-45(56(3,4)26-27-57(46,5)6)33-49(52)60(55)48-25-24-42(40-20-15-12-16-21-40)32-51(48)61(53)43-23-17-22-41(31-43)39-18-13-11-14-19-39/h11-25,28-35H,26-27,36H2,1-10H3/i1D3. The monoisotopic (exact) mass is 809 g/mol. The van der Waals surface area contributed by atoms with Crippen molar-refractivity contribution in [1.29, 1.82) is 0 Å². The average Bonchev–Trinajstić information content (AvgIpc) is 3.45. The van der Waals surface area contributed by atoms with E-state index >= 15 is 0 Å². The molecule has 308 valence electrons. The minimum atomic E-state index is -2.36. The average molecular weight is 810 g/mol. The first-order chi connectivity index (χ1) is 30.7. The molecule has 7 aromatic carbocycles. The maximum atomic E-state index is 9.11. The van der Waals surface area contributed by atoms with Gasteiger partial charge in [-0.25, -0.2) is 0 Å². The maximum Gasteiger partial charge on any atom is 0.252 e. The van der Waals surface area contributed by atoms with Crippen molar-refractivity contribution < 1.29 is 4.11 Å². The summed E-state index contributed by atoms with van der Waals surface area (Å²) >= 11 is 0. The summed E-state index contributed by atoms with van der Waals surface area (Å²) in [4.78, 5) is 4.85. The van der Waals surface area contributed by atoms with Gasteiger partial charge >= 0.3 is 0 Å². The van der Waals surface area contributed by atoms with Crippen LogP contribution in [0.5, 0.6) is 0 Å². The van der Waals surface area contributed by atoms with Crippen LogP contribution in [0.4, 0.5) is 34.1 Å². The summed E-state index contributed by atoms with van der Waals surface area (Å²) in [6.45, 7) is 19.0. The number of anilines is 6. The largest absolute Gasteiger partial charge is 0.311 e. The Morgan fingerprint density at radius 2 is 0.984 bits per heavy atom. The molecule has 0 fully saturated rings. The van der Waals surface area contributed by atoms with Crippen molar-refractivity contribution in [3.05, 3.63) is 173 Å².